The van der Waals surface area contributed by atoms with E-state index in [0.29, 0.717) is 15.9 Å². The molecular formula is C12H16N2O4S3. The number of nitrogens with two attached hydrogens (primary N) is 1. The van der Waals surface area contributed by atoms with E-state index in [9.17, 15) is 16.8 Å². The number of anilines is 1. The standard InChI is InChI=1S/C12H16N2O4S3/c1-2-20(15,16)6-3-7-21(17,18)12-14-10-5-4-9(13)8-11(10)19-12/h4-5,8H,2-3,6-7,13H2,1H3. The van der Waals surface area contributed by atoms with Crippen LogP contribution < -0.4 is 5.73 Å². The number of aromatic nitrogens is 1. The molecule has 2 N–H and O–H groups in total. The SMILES string of the molecule is CCS(=O)(=O)CCCS(=O)(=O)c1nc2ccc(N)cc2s1. The van der Waals surface area contributed by atoms with Gasteiger partial charge < -0.3 is 5.73 Å². The molecule has 0 atom stereocenters. The second-order valence-electron chi connectivity index (χ2n) is 4.62. The molecule has 21 heavy (non-hydrogen) atoms. The predicted octanol–water partition coefficient (Wildman–Crippen LogP) is 1.48. The Morgan fingerprint density at radius 3 is 2.57 bits per heavy atom. The number of hydrogen-bond donors (Lipinski definition) is 1. The summed E-state index contributed by atoms with van der Waals surface area (Å²) in [5, 5.41) is 0. The second kappa shape index (κ2) is 5.90. The zero-order chi connectivity index (χ0) is 15.7. The van der Waals surface area contributed by atoms with Gasteiger partial charge in [0.1, 0.15) is 9.84 Å². The van der Waals surface area contributed by atoms with Crippen LogP contribution in [0.25, 0.3) is 10.2 Å². The fraction of sp³-hybridized carbons (Fsp3) is 0.417. The molecule has 0 saturated carbocycles. The first kappa shape index (κ1) is 16.2. The van der Waals surface area contributed by atoms with Gasteiger partial charge in [-0.2, -0.15) is 0 Å². The smallest absolute Gasteiger partial charge is 0.210 e. The lowest BCUT2D eigenvalue weighted by molar-refractivity contribution is 0.590. The van der Waals surface area contributed by atoms with E-state index >= 15 is 0 Å². The van der Waals surface area contributed by atoms with Crippen LogP contribution in [0.2, 0.25) is 0 Å². The summed E-state index contributed by atoms with van der Waals surface area (Å²) in [6.45, 7) is 1.54. The molecule has 1 aromatic carbocycles. The molecule has 0 aliphatic heterocycles. The summed E-state index contributed by atoms with van der Waals surface area (Å²) in [6.07, 6.45) is 0.0799. The normalized spacial score (nSPS) is 12.8. The Labute approximate surface area is 127 Å². The number of fused-ring (bicyclic) bond motifs is 1. The first-order chi connectivity index (χ1) is 9.73. The van der Waals surface area contributed by atoms with Crippen LogP contribution in [-0.2, 0) is 19.7 Å². The van der Waals surface area contributed by atoms with Gasteiger partial charge in [-0.15, -0.1) is 11.3 Å². The van der Waals surface area contributed by atoms with Gasteiger partial charge in [0.25, 0.3) is 0 Å². The van der Waals surface area contributed by atoms with Gasteiger partial charge in [0, 0.05) is 11.4 Å². The molecule has 1 heterocycles. The third kappa shape index (κ3) is 3.92. The maximum atomic E-state index is 12.2. The Morgan fingerprint density at radius 1 is 1.19 bits per heavy atom. The van der Waals surface area contributed by atoms with Crippen LogP contribution in [0.15, 0.2) is 22.5 Å². The van der Waals surface area contributed by atoms with Crippen molar-refractivity contribution in [2.24, 2.45) is 0 Å². The van der Waals surface area contributed by atoms with Gasteiger partial charge in [0.2, 0.25) is 14.2 Å². The summed E-state index contributed by atoms with van der Waals surface area (Å²) in [7, 11) is -6.72. The van der Waals surface area contributed by atoms with Crippen molar-refractivity contribution in [1.82, 2.24) is 4.98 Å². The highest BCUT2D eigenvalue weighted by Gasteiger charge is 2.20. The topological polar surface area (TPSA) is 107 Å². The highest BCUT2D eigenvalue weighted by Crippen LogP contribution is 2.27. The molecule has 0 amide bonds. The highest BCUT2D eigenvalue weighted by atomic mass is 32.2. The van der Waals surface area contributed by atoms with Crippen LogP contribution in [0.1, 0.15) is 13.3 Å². The second-order valence-corrected chi connectivity index (χ2v) is 10.4. The molecule has 0 bridgehead atoms. The molecule has 0 spiro atoms. The van der Waals surface area contributed by atoms with E-state index < -0.39 is 19.7 Å². The van der Waals surface area contributed by atoms with E-state index in [1.165, 1.54) is 0 Å². The largest absolute Gasteiger partial charge is 0.399 e. The molecule has 0 saturated heterocycles. The van der Waals surface area contributed by atoms with Gasteiger partial charge in [0.05, 0.1) is 21.7 Å². The van der Waals surface area contributed by atoms with Crippen LogP contribution >= 0.6 is 11.3 Å². The quantitative estimate of drug-likeness (QED) is 0.792. The average Bonchev–Trinajstić information content (AvgIpc) is 2.82. The zero-order valence-electron chi connectivity index (χ0n) is 11.4. The Kier molecular flexibility index (Phi) is 4.54. The maximum Gasteiger partial charge on any atom is 0.210 e. The Hall–Kier alpha value is -1.19. The molecule has 0 fully saturated rings. The predicted molar refractivity (Wildman–Crippen MR) is 85.0 cm³/mol. The first-order valence-corrected chi connectivity index (χ1v) is 10.6. The summed E-state index contributed by atoms with van der Waals surface area (Å²) in [5.41, 5.74) is 6.77. The molecule has 9 heteroatoms. The third-order valence-corrected chi connectivity index (χ3v) is 8.03. The summed E-state index contributed by atoms with van der Waals surface area (Å²) < 4.78 is 47.8. The number of nitrogens with zero attached hydrogens (tertiary/aromatic N) is 1. The Balaban J connectivity index is 2.18. The van der Waals surface area contributed by atoms with E-state index in [4.69, 9.17) is 5.73 Å². The minimum absolute atomic E-state index is 0.0111. The van der Waals surface area contributed by atoms with Crippen molar-refractivity contribution in [3.05, 3.63) is 18.2 Å². The molecule has 0 aliphatic rings. The number of rotatable bonds is 6. The molecule has 0 unspecified atom stereocenters. The maximum absolute atomic E-state index is 12.2. The molecule has 0 aliphatic carbocycles. The molecule has 0 radical (unpaired) electrons. The summed E-state index contributed by atoms with van der Waals surface area (Å²) >= 11 is 1.05. The van der Waals surface area contributed by atoms with Gasteiger partial charge >= 0.3 is 0 Å². The Morgan fingerprint density at radius 2 is 1.90 bits per heavy atom. The number of nitrogen functional groups attached to an aromatic ring is 1. The van der Waals surface area contributed by atoms with Gasteiger partial charge in [-0.25, -0.2) is 21.8 Å². The lowest BCUT2D eigenvalue weighted by Gasteiger charge is -2.01. The lowest BCUT2D eigenvalue weighted by Crippen LogP contribution is -2.14. The number of benzene rings is 1. The van der Waals surface area contributed by atoms with Crippen LogP contribution in [0, 0.1) is 0 Å². The molecule has 6 nitrogen and oxygen atoms in total. The first-order valence-electron chi connectivity index (χ1n) is 6.33. The van der Waals surface area contributed by atoms with Crippen molar-refractivity contribution in [1.29, 1.82) is 0 Å². The van der Waals surface area contributed by atoms with Crippen LogP contribution in [0.3, 0.4) is 0 Å². The molecule has 2 aromatic rings. The van der Waals surface area contributed by atoms with Crippen molar-refractivity contribution in [3.63, 3.8) is 0 Å². The summed E-state index contributed by atoms with van der Waals surface area (Å²) in [4.78, 5) is 4.09. The van der Waals surface area contributed by atoms with Crippen LogP contribution in [-0.4, -0.2) is 39.1 Å². The van der Waals surface area contributed by atoms with Crippen LogP contribution in [0.5, 0.6) is 0 Å². The summed E-state index contributed by atoms with van der Waals surface area (Å²) in [5.74, 6) is -0.324. The number of sulfone groups is 2. The Bertz CT molecular complexity index is 854. The van der Waals surface area contributed by atoms with Crippen molar-refractivity contribution in [2.75, 3.05) is 23.0 Å². The van der Waals surface area contributed by atoms with Gasteiger partial charge in [-0.05, 0) is 24.6 Å². The fourth-order valence-electron chi connectivity index (χ4n) is 1.75. The van der Waals surface area contributed by atoms with E-state index in [1.807, 2.05) is 0 Å². The number of thiazole rings is 1. The third-order valence-electron chi connectivity index (χ3n) is 2.97. The van der Waals surface area contributed by atoms with Crippen molar-refractivity contribution in [3.8, 4) is 0 Å². The van der Waals surface area contributed by atoms with Gasteiger partial charge in [0.15, 0.2) is 0 Å². The monoisotopic (exact) mass is 348 g/mol. The van der Waals surface area contributed by atoms with E-state index in [0.717, 1.165) is 11.3 Å². The average molecular weight is 348 g/mol. The lowest BCUT2D eigenvalue weighted by atomic mass is 10.3. The van der Waals surface area contributed by atoms with E-state index in [2.05, 4.69) is 4.98 Å². The number of hydrogen-bond acceptors (Lipinski definition) is 7. The zero-order valence-corrected chi connectivity index (χ0v) is 13.9. The summed E-state index contributed by atoms with van der Waals surface area (Å²) in [6, 6.07) is 5.00. The highest BCUT2D eigenvalue weighted by molar-refractivity contribution is 7.93. The van der Waals surface area contributed by atoms with Crippen LogP contribution in [0.4, 0.5) is 5.69 Å². The van der Waals surface area contributed by atoms with E-state index in [-0.39, 0.29) is 28.0 Å². The van der Waals surface area contributed by atoms with Crippen molar-refractivity contribution >= 4 is 46.9 Å². The molecular weight excluding hydrogens is 332 g/mol. The fourth-order valence-corrected chi connectivity index (χ4v) is 5.52. The van der Waals surface area contributed by atoms with Gasteiger partial charge in [-0.3, -0.25) is 0 Å². The molecule has 1 aromatic heterocycles. The minimum atomic E-state index is -3.56. The van der Waals surface area contributed by atoms with Crippen molar-refractivity contribution in [2.45, 2.75) is 17.7 Å². The molecule has 116 valence electrons. The van der Waals surface area contributed by atoms with Gasteiger partial charge in [-0.1, -0.05) is 6.92 Å². The molecule has 2 rings (SSSR count). The van der Waals surface area contributed by atoms with Crippen molar-refractivity contribution < 1.29 is 16.8 Å². The van der Waals surface area contributed by atoms with E-state index in [1.54, 1.807) is 25.1 Å². The minimum Gasteiger partial charge on any atom is -0.399 e.